The lowest BCUT2D eigenvalue weighted by molar-refractivity contribution is 0.296. The van der Waals surface area contributed by atoms with Crippen LogP contribution in [0.5, 0.6) is 5.75 Å². The van der Waals surface area contributed by atoms with Crippen LogP contribution in [0.1, 0.15) is 12.1 Å². The number of nitrogens with zero attached hydrogens (tertiary/aromatic N) is 5. The highest BCUT2D eigenvalue weighted by Gasteiger charge is 2.21. The Labute approximate surface area is 161 Å². The van der Waals surface area contributed by atoms with Crippen LogP contribution in [0.15, 0.2) is 53.5 Å². The fourth-order valence-corrected chi connectivity index (χ4v) is 3.04. The summed E-state index contributed by atoms with van der Waals surface area (Å²) in [6.07, 6.45) is 0.976. The van der Waals surface area contributed by atoms with Gasteiger partial charge in [0.25, 0.3) is 0 Å². The number of hydrogen-bond acceptors (Lipinski definition) is 8. The van der Waals surface area contributed by atoms with Crippen molar-refractivity contribution in [3.63, 3.8) is 0 Å². The zero-order valence-electron chi connectivity index (χ0n) is 15.2. The highest BCUT2D eigenvalue weighted by Crippen LogP contribution is 2.28. The van der Waals surface area contributed by atoms with Gasteiger partial charge in [-0.1, -0.05) is 5.21 Å². The summed E-state index contributed by atoms with van der Waals surface area (Å²) in [6.45, 7) is 1.57. The smallest absolute Gasteiger partial charge is 0.156 e. The zero-order valence-corrected chi connectivity index (χ0v) is 15.2. The predicted octanol–water partition coefficient (Wildman–Crippen LogP) is 2.38. The number of aromatic nitrogens is 3. The first-order valence-corrected chi connectivity index (χ1v) is 8.83. The van der Waals surface area contributed by atoms with Crippen LogP contribution in [0.25, 0.3) is 16.9 Å². The molecule has 0 bridgehead atoms. The molecule has 0 saturated carbocycles. The fourth-order valence-electron chi connectivity index (χ4n) is 3.04. The van der Waals surface area contributed by atoms with Crippen LogP contribution in [-0.4, -0.2) is 46.2 Å². The second-order valence-electron chi connectivity index (χ2n) is 6.23. The van der Waals surface area contributed by atoms with Gasteiger partial charge < -0.3 is 20.5 Å². The third kappa shape index (κ3) is 3.40. The normalized spacial score (nSPS) is 13.6. The van der Waals surface area contributed by atoms with Crippen molar-refractivity contribution in [2.24, 2.45) is 4.99 Å². The first kappa shape index (κ1) is 18.0. The van der Waals surface area contributed by atoms with Crippen molar-refractivity contribution in [3.05, 3.63) is 59.4 Å². The van der Waals surface area contributed by atoms with E-state index < -0.39 is 0 Å². The number of nitrogens with one attached hydrogen (secondary N) is 1. The van der Waals surface area contributed by atoms with Crippen molar-refractivity contribution in [2.45, 2.75) is 6.42 Å². The van der Waals surface area contributed by atoms with E-state index >= 15 is 0 Å². The Kier molecular flexibility index (Phi) is 4.92. The van der Waals surface area contributed by atoms with Gasteiger partial charge in [0.05, 0.1) is 18.5 Å². The first-order valence-electron chi connectivity index (χ1n) is 8.83. The van der Waals surface area contributed by atoms with Crippen molar-refractivity contribution in [2.75, 3.05) is 25.4 Å². The van der Waals surface area contributed by atoms with E-state index in [1.807, 2.05) is 24.3 Å². The lowest BCUT2D eigenvalue weighted by atomic mass is 10.1. The average molecular weight is 379 g/mol. The summed E-state index contributed by atoms with van der Waals surface area (Å²) in [5.41, 5.74) is 3.15. The molecule has 0 aliphatic carbocycles. The molecule has 9 nitrogen and oxygen atoms in total. The van der Waals surface area contributed by atoms with Gasteiger partial charge in [-0.3, -0.25) is 10.2 Å². The molecule has 2 aromatic carbocycles. The maximum Gasteiger partial charge on any atom is 0.156 e. The van der Waals surface area contributed by atoms with Gasteiger partial charge in [-0.05, 0) is 55.0 Å². The van der Waals surface area contributed by atoms with E-state index in [2.05, 4.69) is 20.6 Å². The lowest BCUT2D eigenvalue weighted by Gasteiger charge is -2.21. The number of ether oxygens (including phenoxy) is 1. The molecule has 1 aromatic heterocycles. The molecule has 0 unspecified atom stereocenters. The van der Waals surface area contributed by atoms with Gasteiger partial charge in [0.2, 0.25) is 0 Å². The standard InChI is InChI=1S/C19H19N6O3/c1-28-16-9-3-13(4-10-16)18-17(19-20-11-2-12-21-19)22-23-24(18)14-5-7-15(8-6-14)25(26)27/h3-10,26H,2,11-12H2,1H3,(H,20,21)/q-1. The topological polar surface area (TPSA) is 111 Å². The lowest BCUT2D eigenvalue weighted by Crippen LogP contribution is -2.31. The second kappa shape index (κ2) is 7.67. The molecule has 0 spiro atoms. The highest BCUT2D eigenvalue weighted by molar-refractivity contribution is 6.02. The van der Waals surface area contributed by atoms with Gasteiger partial charge in [-0.25, -0.2) is 4.68 Å². The van der Waals surface area contributed by atoms with Crippen molar-refractivity contribution in [1.82, 2.24) is 20.3 Å². The molecule has 0 radical (unpaired) electrons. The molecule has 2 heterocycles. The maximum atomic E-state index is 11.1. The molecule has 144 valence electrons. The summed E-state index contributed by atoms with van der Waals surface area (Å²) >= 11 is 0. The van der Waals surface area contributed by atoms with Crippen molar-refractivity contribution >= 4 is 11.5 Å². The van der Waals surface area contributed by atoms with Crippen LogP contribution in [-0.2, 0) is 0 Å². The van der Waals surface area contributed by atoms with E-state index in [9.17, 15) is 5.21 Å². The number of hydrogen-bond donors (Lipinski definition) is 2. The predicted molar refractivity (Wildman–Crippen MR) is 105 cm³/mol. The Bertz CT molecular complexity index is 980. The summed E-state index contributed by atoms with van der Waals surface area (Å²) in [5.74, 6) is 1.46. The zero-order chi connectivity index (χ0) is 19.5. The number of rotatable bonds is 5. The molecular formula is C19H19N6O3-. The molecule has 0 saturated heterocycles. The van der Waals surface area contributed by atoms with E-state index in [-0.39, 0.29) is 10.9 Å². The van der Waals surface area contributed by atoms with Crippen molar-refractivity contribution in [3.8, 4) is 22.7 Å². The summed E-state index contributed by atoms with van der Waals surface area (Å²) in [4.78, 5) is 4.55. The quantitative estimate of drug-likeness (QED) is 0.655. The Morgan fingerprint density at radius 1 is 1.14 bits per heavy atom. The van der Waals surface area contributed by atoms with E-state index in [1.54, 1.807) is 23.9 Å². The Balaban J connectivity index is 1.83. The average Bonchev–Trinajstić information content (AvgIpc) is 3.19. The highest BCUT2D eigenvalue weighted by atomic mass is 16.8. The molecule has 4 rings (SSSR count). The van der Waals surface area contributed by atoms with Crippen LogP contribution in [0.3, 0.4) is 0 Å². The molecule has 2 N–H and O–H groups in total. The van der Waals surface area contributed by atoms with Crippen LogP contribution < -0.4 is 15.3 Å². The number of benzene rings is 2. The number of methoxy groups -OCH3 is 1. The Morgan fingerprint density at radius 3 is 2.50 bits per heavy atom. The fraction of sp³-hybridized carbons (Fsp3) is 0.211. The van der Waals surface area contributed by atoms with Crippen molar-refractivity contribution < 1.29 is 9.94 Å². The first-order chi connectivity index (χ1) is 13.7. The summed E-state index contributed by atoms with van der Waals surface area (Å²) in [5, 5.41) is 31.9. The van der Waals surface area contributed by atoms with Crippen LogP contribution in [0.2, 0.25) is 0 Å². The van der Waals surface area contributed by atoms with Crippen LogP contribution in [0, 0.1) is 5.21 Å². The molecule has 1 aliphatic rings. The maximum absolute atomic E-state index is 11.1. The number of anilines is 1. The molecule has 3 aromatic rings. The minimum absolute atomic E-state index is 0.133. The number of aliphatic imine (C=N–C) groups is 1. The molecule has 0 atom stereocenters. The van der Waals surface area contributed by atoms with Gasteiger partial charge in [0, 0.05) is 18.7 Å². The van der Waals surface area contributed by atoms with E-state index in [0.29, 0.717) is 17.2 Å². The van der Waals surface area contributed by atoms with Crippen LogP contribution >= 0.6 is 0 Å². The largest absolute Gasteiger partial charge is 0.733 e. The molecular weight excluding hydrogens is 360 g/mol. The Hall–Kier alpha value is -3.43. The van der Waals surface area contributed by atoms with Gasteiger partial charge >= 0.3 is 0 Å². The van der Waals surface area contributed by atoms with Crippen molar-refractivity contribution in [1.29, 1.82) is 0 Å². The summed E-state index contributed by atoms with van der Waals surface area (Å²) in [6, 6.07) is 14.0. The molecule has 9 heteroatoms. The minimum Gasteiger partial charge on any atom is -0.733 e. The summed E-state index contributed by atoms with van der Waals surface area (Å²) < 4.78 is 6.94. The number of amidine groups is 1. The Morgan fingerprint density at radius 2 is 1.89 bits per heavy atom. The second-order valence-corrected chi connectivity index (χ2v) is 6.23. The molecule has 1 aliphatic heterocycles. The van der Waals surface area contributed by atoms with E-state index in [4.69, 9.17) is 9.94 Å². The minimum atomic E-state index is -0.179. The third-order valence-electron chi connectivity index (χ3n) is 4.47. The molecule has 0 fully saturated rings. The monoisotopic (exact) mass is 379 g/mol. The third-order valence-corrected chi connectivity index (χ3v) is 4.47. The molecule has 0 amide bonds. The summed E-state index contributed by atoms with van der Waals surface area (Å²) in [7, 11) is 1.62. The van der Waals surface area contributed by atoms with Gasteiger partial charge in [0.1, 0.15) is 11.4 Å². The van der Waals surface area contributed by atoms with E-state index in [0.717, 1.165) is 36.5 Å². The van der Waals surface area contributed by atoms with Gasteiger partial charge in [-0.2, -0.15) is 0 Å². The van der Waals surface area contributed by atoms with Gasteiger partial charge in [0.15, 0.2) is 11.5 Å². The SMILES string of the molecule is COc1ccc(-c2c(C3=NCCCN3)nnn2-c2ccc(N([O-])O)cc2)cc1. The van der Waals surface area contributed by atoms with Gasteiger partial charge in [-0.15, -0.1) is 5.10 Å². The van der Waals surface area contributed by atoms with Crippen LogP contribution in [0.4, 0.5) is 5.69 Å². The molecule has 28 heavy (non-hydrogen) atoms. The van der Waals surface area contributed by atoms with E-state index in [1.165, 1.54) is 12.1 Å².